The molecule has 1 amide bonds. The number of nitrogens with zero attached hydrogens (tertiary/aromatic N) is 3. The summed E-state index contributed by atoms with van der Waals surface area (Å²) in [4.78, 5) is 27.2. The van der Waals surface area contributed by atoms with E-state index in [9.17, 15) is 4.79 Å². The Morgan fingerprint density at radius 1 is 1.28 bits per heavy atom. The third-order valence-electron chi connectivity index (χ3n) is 4.73. The Balaban J connectivity index is 1.67. The van der Waals surface area contributed by atoms with Crippen molar-refractivity contribution >= 4 is 22.6 Å². The van der Waals surface area contributed by atoms with Crippen LogP contribution in [0.15, 0.2) is 36.4 Å². The molecule has 0 radical (unpaired) electrons. The van der Waals surface area contributed by atoms with Gasteiger partial charge in [0.25, 0.3) is 5.91 Å². The van der Waals surface area contributed by atoms with E-state index < -0.39 is 0 Å². The van der Waals surface area contributed by atoms with Crippen molar-refractivity contribution in [2.45, 2.75) is 25.8 Å². The number of carbonyl (C=O) groups excluding carboxylic acids is 1. The van der Waals surface area contributed by atoms with Gasteiger partial charge in [-0.15, -0.1) is 0 Å². The van der Waals surface area contributed by atoms with Gasteiger partial charge in [0.15, 0.2) is 0 Å². The van der Waals surface area contributed by atoms with Gasteiger partial charge in [-0.1, -0.05) is 18.2 Å². The van der Waals surface area contributed by atoms with Gasteiger partial charge in [0.1, 0.15) is 17.3 Å². The van der Waals surface area contributed by atoms with Crippen molar-refractivity contribution < 1.29 is 4.79 Å². The van der Waals surface area contributed by atoms with Crippen molar-refractivity contribution in [2.75, 3.05) is 18.9 Å². The molecular formula is C19H21N5O. The minimum atomic E-state index is -0.00675. The van der Waals surface area contributed by atoms with Gasteiger partial charge in [0.05, 0.1) is 11.7 Å². The summed E-state index contributed by atoms with van der Waals surface area (Å²) in [5.41, 5.74) is 2.52. The fraction of sp³-hybridized carbons (Fsp3) is 0.316. The highest BCUT2D eigenvalue weighted by Gasteiger charge is 2.32. The number of carbonyl (C=O) groups is 1. The Morgan fingerprint density at radius 3 is 2.92 bits per heavy atom. The van der Waals surface area contributed by atoms with E-state index in [2.05, 4.69) is 20.3 Å². The molecule has 2 aromatic heterocycles. The number of benzene rings is 1. The summed E-state index contributed by atoms with van der Waals surface area (Å²) in [6.07, 6.45) is 1.90. The van der Waals surface area contributed by atoms with Crippen LogP contribution in [0.2, 0.25) is 0 Å². The van der Waals surface area contributed by atoms with Crippen LogP contribution in [0.3, 0.4) is 0 Å². The van der Waals surface area contributed by atoms with Crippen LogP contribution in [0.25, 0.3) is 10.9 Å². The predicted octanol–water partition coefficient (Wildman–Crippen LogP) is 3.29. The number of rotatable bonds is 3. The smallest absolute Gasteiger partial charge is 0.270 e. The molecule has 128 valence electrons. The summed E-state index contributed by atoms with van der Waals surface area (Å²) in [6.45, 7) is 2.62. The van der Waals surface area contributed by atoms with Crippen LogP contribution in [0, 0.1) is 6.92 Å². The highest BCUT2D eigenvalue weighted by atomic mass is 16.2. The number of nitrogens with one attached hydrogen (secondary N) is 2. The first kappa shape index (κ1) is 15.6. The van der Waals surface area contributed by atoms with E-state index in [0.717, 1.165) is 41.8 Å². The van der Waals surface area contributed by atoms with Gasteiger partial charge in [-0.2, -0.15) is 0 Å². The number of aromatic nitrogens is 3. The maximum absolute atomic E-state index is 13.1. The van der Waals surface area contributed by atoms with E-state index in [4.69, 9.17) is 0 Å². The van der Waals surface area contributed by atoms with Gasteiger partial charge < -0.3 is 15.2 Å². The molecular weight excluding hydrogens is 314 g/mol. The number of anilines is 1. The SMILES string of the molecule is CNc1cc([C@H]2CCCN2C(=O)c2cc3ccccc3[nH]2)nc(C)n1. The zero-order valence-corrected chi connectivity index (χ0v) is 14.4. The first-order valence-electron chi connectivity index (χ1n) is 8.58. The zero-order valence-electron chi connectivity index (χ0n) is 14.4. The lowest BCUT2D eigenvalue weighted by molar-refractivity contribution is 0.0727. The number of aromatic amines is 1. The number of amides is 1. The van der Waals surface area contributed by atoms with Gasteiger partial charge in [-0.05, 0) is 31.9 Å². The van der Waals surface area contributed by atoms with Crippen molar-refractivity contribution in [2.24, 2.45) is 0 Å². The molecule has 1 aromatic carbocycles. The molecule has 3 aromatic rings. The average molecular weight is 335 g/mol. The van der Waals surface area contributed by atoms with Gasteiger partial charge in [0, 0.05) is 30.6 Å². The van der Waals surface area contributed by atoms with Crippen LogP contribution in [-0.4, -0.2) is 39.4 Å². The molecule has 0 spiro atoms. The van der Waals surface area contributed by atoms with E-state index in [1.165, 1.54) is 0 Å². The van der Waals surface area contributed by atoms with Crippen LogP contribution < -0.4 is 5.32 Å². The number of hydrogen-bond donors (Lipinski definition) is 2. The largest absolute Gasteiger partial charge is 0.373 e. The number of likely N-dealkylation sites (tertiary alicyclic amines) is 1. The molecule has 0 saturated carbocycles. The summed E-state index contributed by atoms with van der Waals surface area (Å²) < 4.78 is 0. The Morgan fingerprint density at radius 2 is 2.12 bits per heavy atom. The molecule has 1 aliphatic heterocycles. The molecule has 3 heterocycles. The maximum Gasteiger partial charge on any atom is 0.270 e. The highest BCUT2D eigenvalue weighted by Crippen LogP contribution is 2.33. The lowest BCUT2D eigenvalue weighted by Crippen LogP contribution is -2.31. The standard InChI is InChI=1S/C19H21N5O/c1-12-21-15(11-18(20-2)22-12)17-8-5-9-24(17)19(25)16-10-13-6-3-4-7-14(13)23-16/h3-4,6-7,10-11,17,23H,5,8-9H2,1-2H3,(H,20,21,22)/t17-/m1/s1. The quantitative estimate of drug-likeness (QED) is 0.770. The van der Waals surface area contributed by atoms with Crippen molar-refractivity contribution in [3.63, 3.8) is 0 Å². The summed E-state index contributed by atoms with van der Waals surface area (Å²) >= 11 is 0. The van der Waals surface area contributed by atoms with Crippen molar-refractivity contribution in [3.05, 3.63) is 53.6 Å². The van der Waals surface area contributed by atoms with Gasteiger partial charge in [-0.25, -0.2) is 9.97 Å². The van der Waals surface area contributed by atoms with Gasteiger partial charge >= 0.3 is 0 Å². The summed E-state index contributed by atoms with van der Waals surface area (Å²) in [5.74, 6) is 1.53. The van der Waals surface area contributed by atoms with Crippen molar-refractivity contribution in [1.29, 1.82) is 0 Å². The molecule has 0 unspecified atom stereocenters. The monoisotopic (exact) mass is 335 g/mol. The molecule has 25 heavy (non-hydrogen) atoms. The van der Waals surface area contributed by atoms with Crippen LogP contribution >= 0.6 is 0 Å². The van der Waals surface area contributed by atoms with E-state index in [1.54, 1.807) is 0 Å². The summed E-state index contributed by atoms with van der Waals surface area (Å²) in [6, 6.07) is 11.8. The third-order valence-corrected chi connectivity index (χ3v) is 4.73. The van der Waals surface area contributed by atoms with Crippen LogP contribution in [0.5, 0.6) is 0 Å². The van der Waals surface area contributed by atoms with E-state index in [1.807, 2.05) is 55.3 Å². The topological polar surface area (TPSA) is 73.9 Å². The summed E-state index contributed by atoms with van der Waals surface area (Å²) in [5, 5.41) is 4.12. The second kappa shape index (κ2) is 6.20. The molecule has 1 atom stereocenters. The Hall–Kier alpha value is -2.89. The number of fused-ring (bicyclic) bond motifs is 1. The lowest BCUT2D eigenvalue weighted by Gasteiger charge is -2.24. The normalized spacial score (nSPS) is 17.2. The first-order chi connectivity index (χ1) is 12.2. The molecule has 6 nitrogen and oxygen atoms in total. The van der Waals surface area contributed by atoms with Crippen molar-refractivity contribution in [3.8, 4) is 0 Å². The fourth-order valence-corrected chi connectivity index (χ4v) is 3.55. The number of H-pyrrole nitrogens is 1. The third kappa shape index (κ3) is 2.84. The minimum absolute atomic E-state index is 0.00675. The molecule has 1 saturated heterocycles. The van der Waals surface area contributed by atoms with E-state index in [0.29, 0.717) is 11.5 Å². The van der Waals surface area contributed by atoms with Crippen molar-refractivity contribution in [1.82, 2.24) is 19.9 Å². The molecule has 1 aliphatic rings. The lowest BCUT2D eigenvalue weighted by atomic mass is 10.1. The zero-order chi connectivity index (χ0) is 17.4. The average Bonchev–Trinajstić information content (AvgIpc) is 3.27. The Labute approximate surface area is 146 Å². The number of para-hydroxylation sites is 1. The molecule has 6 heteroatoms. The van der Waals surface area contributed by atoms with Gasteiger partial charge in [0.2, 0.25) is 0 Å². The Kier molecular flexibility index (Phi) is 3.87. The highest BCUT2D eigenvalue weighted by molar-refractivity contribution is 5.98. The maximum atomic E-state index is 13.1. The molecule has 0 aliphatic carbocycles. The van der Waals surface area contributed by atoms with Crippen LogP contribution in [0.1, 0.15) is 40.9 Å². The first-order valence-corrected chi connectivity index (χ1v) is 8.58. The van der Waals surface area contributed by atoms with Crippen LogP contribution in [-0.2, 0) is 0 Å². The molecule has 0 bridgehead atoms. The molecule has 2 N–H and O–H groups in total. The summed E-state index contributed by atoms with van der Waals surface area (Å²) in [7, 11) is 1.84. The molecule has 1 fully saturated rings. The van der Waals surface area contributed by atoms with E-state index >= 15 is 0 Å². The number of aryl methyl sites for hydroxylation is 1. The fourth-order valence-electron chi connectivity index (χ4n) is 3.55. The molecule has 4 rings (SSSR count). The van der Waals surface area contributed by atoms with E-state index in [-0.39, 0.29) is 11.9 Å². The second-order valence-electron chi connectivity index (χ2n) is 6.40. The van der Waals surface area contributed by atoms with Crippen LogP contribution in [0.4, 0.5) is 5.82 Å². The van der Waals surface area contributed by atoms with Gasteiger partial charge in [-0.3, -0.25) is 4.79 Å². The Bertz CT molecular complexity index is 899. The second-order valence-corrected chi connectivity index (χ2v) is 6.40. The predicted molar refractivity (Wildman–Crippen MR) is 97.6 cm³/mol. The minimum Gasteiger partial charge on any atom is -0.373 e. The number of hydrogen-bond acceptors (Lipinski definition) is 4.